The fourth-order valence-corrected chi connectivity index (χ4v) is 1.85. The summed E-state index contributed by atoms with van der Waals surface area (Å²) in [4.78, 5) is 25.5. The van der Waals surface area contributed by atoms with Crippen molar-refractivity contribution in [1.82, 2.24) is 4.98 Å². The summed E-state index contributed by atoms with van der Waals surface area (Å²) in [6, 6.07) is 10.5. The third-order valence-electron chi connectivity index (χ3n) is 2.81. The number of benzene rings is 1. The summed E-state index contributed by atoms with van der Waals surface area (Å²) in [7, 11) is 0. The molecule has 2 aromatic rings. The molecule has 1 aromatic heterocycles. The fraction of sp³-hybridized carbons (Fsp3) is 0.200. The maximum Gasteiger partial charge on any atom is 0.261 e. The Bertz CT molecular complexity index is 677. The predicted octanol–water partition coefficient (Wildman–Crippen LogP) is 1.93. The molecule has 0 spiro atoms. The maximum absolute atomic E-state index is 11.8. The highest BCUT2D eigenvalue weighted by atomic mass is 16.5. The molecule has 0 fully saturated rings. The number of nitrogens with one attached hydrogen (secondary N) is 1. The molecular weight excluding hydrogens is 258 g/mol. The summed E-state index contributed by atoms with van der Waals surface area (Å²) in [5.41, 5.74) is 5.92. The number of primary amides is 1. The van der Waals surface area contributed by atoms with Crippen LogP contribution in [0, 0.1) is 0 Å². The second-order valence-electron chi connectivity index (χ2n) is 4.32. The first kappa shape index (κ1) is 13.9. The quantitative estimate of drug-likeness (QED) is 0.873. The van der Waals surface area contributed by atoms with Crippen molar-refractivity contribution in [2.45, 2.75) is 13.3 Å². The van der Waals surface area contributed by atoms with Gasteiger partial charge in [-0.3, -0.25) is 9.59 Å². The highest BCUT2D eigenvalue weighted by molar-refractivity contribution is 5.92. The third-order valence-corrected chi connectivity index (χ3v) is 2.81. The monoisotopic (exact) mass is 274 g/mol. The molecule has 0 aliphatic heterocycles. The molecule has 0 bridgehead atoms. The molecule has 0 unspecified atom stereocenters. The topological polar surface area (TPSA) is 85.2 Å². The van der Waals surface area contributed by atoms with Gasteiger partial charge in [-0.1, -0.05) is 19.1 Å². The van der Waals surface area contributed by atoms with E-state index in [-0.39, 0.29) is 5.56 Å². The summed E-state index contributed by atoms with van der Waals surface area (Å²) in [5.74, 6) is -0.0508. The van der Waals surface area contributed by atoms with Crippen LogP contribution in [0.1, 0.15) is 23.7 Å². The minimum atomic E-state index is -0.742. The highest BCUT2D eigenvalue weighted by Gasteiger charge is 2.10. The lowest BCUT2D eigenvalue weighted by atomic mass is 10.2. The molecule has 0 saturated carbocycles. The molecule has 0 aliphatic rings. The molecule has 0 radical (unpaired) electrons. The molecule has 5 heteroatoms. The molecule has 2 rings (SSSR count). The van der Waals surface area contributed by atoms with Gasteiger partial charge in [0.25, 0.3) is 11.5 Å². The van der Waals surface area contributed by atoms with E-state index in [2.05, 4.69) is 4.98 Å². The average Bonchev–Trinajstić information content (AvgIpc) is 2.45. The Kier molecular flexibility index (Phi) is 4.20. The smallest absolute Gasteiger partial charge is 0.261 e. The molecule has 20 heavy (non-hydrogen) atoms. The van der Waals surface area contributed by atoms with Gasteiger partial charge in [-0.05, 0) is 30.7 Å². The minimum Gasteiger partial charge on any atom is -0.493 e. The lowest BCUT2D eigenvalue weighted by molar-refractivity contribution is 0.0999. The van der Waals surface area contributed by atoms with E-state index in [4.69, 9.17) is 10.5 Å². The Morgan fingerprint density at radius 1 is 1.35 bits per heavy atom. The van der Waals surface area contributed by atoms with Crippen LogP contribution in [0.3, 0.4) is 0 Å². The van der Waals surface area contributed by atoms with Gasteiger partial charge in [0.1, 0.15) is 11.3 Å². The van der Waals surface area contributed by atoms with Crippen LogP contribution in [0.15, 0.2) is 41.2 Å². The number of aromatic nitrogens is 1. The van der Waals surface area contributed by atoms with Crippen LogP contribution >= 0.6 is 0 Å². The molecule has 0 aliphatic carbocycles. The van der Waals surface area contributed by atoms with E-state index in [1.165, 1.54) is 6.07 Å². The number of amides is 1. The molecule has 1 heterocycles. The van der Waals surface area contributed by atoms with Crippen LogP contribution in [0.25, 0.3) is 11.3 Å². The summed E-state index contributed by atoms with van der Waals surface area (Å²) >= 11 is 0. The zero-order valence-corrected chi connectivity index (χ0v) is 11.2. The normalized spacial score (nSPS) is 10.2. The molecule has 3 N–H and O–H groups in total. The SMILES string of the molecule is CCCOc1ccccc1-[14c]1ccc(C(N)=O)c(=O)[nH]1. The fourth-order valence-electron chi connectivity index (χ4n) is 1.85. The number of nitrogens with two attached hydrogens (primary N) is 1. The van der Waals surface area contributed by atoms with E-state index in [9.17, 15) is 9.59 Å². The Morgan fingerprint density at radius 2 is 2.10 bits per heavy atom. The van der Waals surface area contributed by atoms with Gasteiger partial charge >= 0.3 is 0 Å². The zero-order chi connectivity index (χ0) is 14.5. The number of para-hydroxylation sites is 1. The largest absolute Gasteiger partial charge is 0.493 e. The Hall–Kier alpha value is -2.56. The van der Waals surface area contributed by atoms with Gasteiger partial charge in [0.05, 0.1) is 12.3 Å². The van der Waals surface area contributed by atoms with Gasteiger partial charge in [0.2, 0.25) is 0 Å². The molecular formula is C15H16N2O3. The van der Waals surface area contributed by atoms with Gasteiger partial charge in [0.15, 0.2) is 0 Å². The van der Waals surface area contributed by atoms with E-state index in [0.29, 0.717) is 18.1 Å². The summed E-state index contributed by atoms with van der Waals surface area (Å²) in [6.45, 7) is 2.62. The van der Waals surface area contributed by atoms with Crippen LogP contribution in [0.4, 0.5) is 0 Å². The van der Waals surface area contributed by atoms with Crippen LogP contribution in [-0.4, -0.2) is 17.5 Å². The molecule has 104 valence electrons. The van der Waals surface area contributed by atoms with Gasteiger partial charge in [-0.15, -0.1) is 0 Å². The van der Waals surface area contributed by atoms with Crippen molar-refractivity contribution >= 4 is 5.91 Å². The number of ether oxygens (including phenoxy) is 1. The van der Waals surface area contributed by atoms with Crippen LogP contribution < -0.4 is 16.0 Å². The van der Waals surface area contributed by atoms with Crippen molar-refractivity contribution in [1.29, 1.82) is 0 Å². The van der Waals surface area contributed by atoms with Crippen LogP contribution in [0.5, 0.6) is 5.75 Å². The maximum atomic E-state index is 11.8. The summed E-state index contributed by atoms with van der Waals surface area (Å²) in [5, 5.41) is 0. The lowest BCUT2D eigenvalue weighted by Crippen LogP contribution is -2.23. The number of hydrogen-bond donors (Lipinski definition) is 2. The standard InChI is InChI=1S/C15H16N2O3/c1-2-9-20-13-6-4-3-5-10(13)12-8-7-11(14(16)18)15(19)17-12/h3-8H,2,9H2,1H3,(H2,16,18)(H,17,19)/i12+2. The van der Waals surface area contributed by atoms with Crippen molar-refractivity contribution in [2.24, 2.45) is 5.73 Å². The molecule has 0 saturated heterocycles. The molecule has 1 aromatic carbocycles. The van der Waals surface area contributed by atoms with E-state index < -0.39 is 11.5 Å². The number of carbonyl (C=O) groups excluding carboxylic acids is 1. The second kappa shape index (κ2) is 6.06. The number of rotatable bonds is 5. The first-order valence-corrected chi connectivity index (χ1v) is 6.38. The molecule has 0 atom stereocenters. The van der Waals surface area contributed by atoms with E-state index in [0.717, 1.165) is 12.0 Å². The molecule has 1 amide bonds. The van der Waals surface area contributed by atoms with Crippen molar-refractivity contribution in [3.63, 3.8) is 0 Å². The molecule has 5 nitrogen and oxygen atoms in total. The Labute approximate surface area is 116 Å². The predicted molar refractivity (Wildman–Crippen MR) is 76.8 cm³/mol. The minimum absolute atomic E-state index is 0.0549. The zero-order valence-electron chi connectivity index (χ0n) is 11.2. The number of aromatic amines is 1. The van der Waals surface area contributed by atoms with E-state index in [1.807, 2.05) is 31.2 Å². The van der Waals surface area contributed by atoms with Gasteiger partial charge in [-0.2, -0.15) is 0 Å². The number of hydrogen-bond acceptors (Lipinski definition) is 3. The highest BCUT2D eigenvalue weighted by Crippen LogP contribution is 2.27. The van der Waals surface area contributed by atoms with Crippen molar-refractivity contribution in [2.75, 3.05) is 6.61 Å². The average molecular weight is 274 g/mol. The van der Waals surface area contributed by atoms with Crippen molar-refractivity contribution in [3.8, 4) is 17.0 Å². The van der Waals surface area contributed by atoms with Gasteiger partial charge in [-0.25, -0.2) is 0 Å². The first-order valence-electron chi connectivity index (χ1n) is 6.38. The van der Waals surface area contributed by atoms with Crippen molar-refractivity contribution in [3.05, 3.63) is 52.3 Å². The Balaban J connectivity index is 2.44. The van der Waals surface area contributed by atoms with E-state index >= 15 is 0 Å². The van der Waals surface area contributed by atoms with E-state index in [1.54, 1.807) is 6.07 Å². The lowest BCUT2D eigenvalue weighted by Gasteiger charge is -2.10. The number of H-pyrrole nitrogens is 1. The van der Waals surface area contributed by atoms with Gasteiger partial charge < -0.3 is 15.5 Å². The second-order valence-corrected chi connectivity index (χ2v) is 4.32. The number of carbonyl (C=O) groups is 1. The summed E-state index contributed by atoms with van der Waals surface area (Å²) < 4.78 is 5.64. The summed E-state index contributed by atoms with van der Waals surface area (Å²) in [6.07, 6.45) is 0.894. The van der Waals surface area contributed by atoms with Crippen LogP contribution in [-0.2, 0) is 0 Å². The van der Waals surface area contributed by atoms with Crippen LogP contribution in [0.2, 0.25) is 0 Å². The Morgan fingerprint density at radius 3 is 2.75 bits per heavy atom. The first-order chi connectivity index (χ1) is 9.63. The number of pyridine rings is 1. The third kappa shape index (κ3) is 2.88. The van der Waals surface area contributed by atoms with Gasteiger partial charge in [0, 0.05) is 5.56 Å². The van der Waals surface area contributed by atoms with Crippen molar-refractivity contribution < 1.29 is 9.53 Å².